The van der Waals surface area contributed by atoms with Crippen molar-refractivity contribution in [3.8, 4) is 0 Å². The Bertz CT molecular complexity index is 123. The summed E-state index contributed by atoms with van der Waals surface area (Å²) in [5.74, 6) is 3.00. The molecule has 1 radical (unpaired) electrons. The van der Waals surface area contributed by atoms with Crippen LogP contribution in [0.15, 0.2) is 0 Å². The third-order valence-electron chi connectivity index (χ3n) is 3.94. The van der Waals surface area contributed by atoms with E-state index in [0.717, 1.165) is 5.92 Å². The smallest absolute Gasteiger partial charge is 0.0241 e. The van der Waals surface area contributed by atoms with E-state index < -0.39 is 0 Å². The van der Waals surface area contributed by atoms with Crippen molar-refractivity contribution < 1.29 is 0 Å². The fraction of sp³-hybridized carbons (Fsp3) is 0.923. The standard InChI is InChI=1S/C13H23/c1-2-6-12-8-4-5-9-13(7-3-1)11-10-12/h12H,1-11H2. The summed E-state index contributed by atoms with van der Waals surface area (Å²) in [4.78, 5) is 0. The highest BCUT2D eigenvalue weighted by Crippen LogP contribution is 2.34. The van der Waals surface area contributed by atoms with E-state index in [9.17, 15) is 0 Å². The number of rotatable bonds is 0. The third kappa shape index (κ3) is 3.00. The van der Waals surface area contributed by atoms with Crippen LogP contribution in [0.4, 0.5) is 0 Å². The van der Waals surface area contributed by atoms with Gasteiger partial charge >= 0.3 is 0 Å². The summed E-state index contributed by atoms with van der Waals surface area (Å²) in [5, 5.41) is 0. The lowest BCUT2D eigenvalue weighted by Gasteiger charge is -2.22. The van der Waals surface area contributed by atoms with Crippen LogP contribution in [0.5, 0.6) is 0 Å². The minimum Gasteiger partial charge on any atom is -0.0533 e. The molecule has 0 aromatic rings. The monoisotopic (exact) mass is 179 g/mol. The third-order valence-corrected chi connectivity index (χ3v) is 3.94. The summed E-state index contributed by atoms with van der Waals surface area (Å²) >= 11 is 0. The molecule has 75 valence electrons. The van der Waals surface area contributed by atoms with E-state index in [2.05, 4.69) is 0 Å². The van der Waals surface area contributed by atoms with Crippen molar-refractivity contribution >= 4 is 0 Å². The molecule has 2 saturated carbocycles. The van der Waals surface area contributed by atoms with E-state index in [-0.39, 0.29) is 0 Å². The maximum atomic E-state index is 1.91. The first-order valence-electron chi connectivity index (χ1n) is 6.29. The van der Waals surface area contributed by atoms with Crippen LogP contribution >= 0.6 is 0 Å². The summed E-state index contributed by atoms with van der Waals surface area (Å²) in [6.45, 7) is 0. The second-order valence-electron chi connectivity index (χ2n) is 5.00. The topological polar surface area (TPSA) is 0 Å². The van der Waals surface area contributed by atoms with Gasteiger partial charge in [0, 0.05) is 0 Å². The molecule has 1 atom stereocenters. The molecule has 0 saturated heterocycles. The first-order chi connectivity index (χ1) is 6.45. The van der Waals surface area contributed by atoms with Crippen molar-refractivity contribution in [2.45, 2.75) is 70.6 Å². The Morgan fingerprint density at radius 3 is 2.15 bits per heavy atom. The van der Waals surface area contributed by atoms with E-state index in [4.69, 9.17) is 0 Å². The Balaban J connectivity index is 1.92. The molecule has 0 heteroatoms. The van der Waals surface area contributed by atoms with Crippen LogP contribution in [0, 0.1) is 11.8 Å². The summed E-state index contributed by atoms with van der Waals surface area (Å²) in [7, 11) is 0. The van der Waals surface area contributed by atoms with Crippen molar-refractivity contribution in [3.05, 3.63) is 5.92 Å². The molecule has 13 heavy (non-hydrogen) atoms. The zero-order valence-electron chi connectivity index (χ0n) is 8.86. The number of hydrogen-bond donors (Lipinski definition) is 0. The SMILES string of the molecule is C1CC[C]2CCCCC(CC1)CC2. The minimum atomic E-state index is 1.09. The van der Waals surface area contributed by atoms with Crippen LogP contribution < -0.4 is 0 Å². The number of hydrogen-bond acceptors (Lipinski definition) is 0. The van der Waals surface area contributed by atoms with E-state index in [1.807, 2.05) is 5.92 Å². The predicted octanol–water partition coefficient (Wildman–Crippen LogP) is 4.50. The van der Waals surface area contributed by atoms with Crippen LogP contribution in [0.3, 0.4) is 0 Å². The second-order valence-corrected chi connectivity index (χ2v) is 5.00. The van der Waals surface area contributed by atoms with Gasteiger partial charge in [-0.05, 0) is 37.5 Å². The maximum Gasteiger partial charge on any atom is -0.0241 e. The zero-order valence-corrected chi connectivity index (χ0v) is 8.86. The van der Waals surface area contributed by atoms with E-state index in [1.165, 1.54) is 70.6 Å². The van der Waals surface area contributed by atoms with Crippen LogP contribution in [0.25, 0.3) is 0 Å². The molecule has 2 fully saturated rings. The average Bonchev–Trinajstić information content (AvgIpc) is 2.17. The Hall–Kier alpha value is 0. The first-order valence-corrected chi connectivity index (χ1v) is 6.29. The summed E-state index contributed by atoms with van der Waals surface area (Å²) < 4.78 is 0. The number of fused-ring (bicyclic) bond motifs is 3. The van der Waals surface area contributed by atoms with Gasteiger partial charge in [-0.1, -0.05) is 44.9 Å². The van der Waals surface area contributed by atoms with Crippen molar-refractivity contribution in [1.82, 2.24) is 0 Å². The molecule has 0 nitrogen and oxygen atoms in total. The van der Waals surface area contributed by atoms with Crippen LogP contribution in [-0.4, -0.2) is 0 Å². The lowest BCUT2D eigenvalue weighted by Crippen LogP contribution is -2.07. The van der Waals surface area contributed by atoms with Gasteiger partial charge in [-0.25, -0.2) is 0 Å². The highest BCUT2D eigenvalue weighted by molar-refractivity contribution is 4.92. The van der Waals surface area contributed by atoms with E-state index in [0.29, 0.717) is 0 Å². The molecule has 2 bridgehead atoms. The van der Waals surface area contributed by atoms with Crippen LogP contribution in [0.2, 0.25) is 0 Å². The normalized spacial score (nSPS) is 32.8. The molecule has 1 unspecified atom stereocenters. The molecule has 0 aromatic heterocycles. The molecule has 0 aliphatic heterocycles. The van der Waals surface area contributed by atoms with Gasteiger partial charge in [0.1, 0.15) is 0 Å². The second kappa shape index (κ2) is 5.02. The molecule has 0 spiro atoms. The van der Waals surface area contributed by atoms with Gasteiger partial charge in [-0.15, -0.1) is 0 Å². The Morgan fingerprint density at radius 2 is 1.31 bits per heavy atom. The average molecular weight is 179 g/mol. The molecular weight excluding hydrogens is 156 g/mol. The quantitative estimate of drug-likeness (QED) is 0.514. The van der Waals surface area contributed by atoms with Crippen molar-refractivity contribution in [2.24, 2.45) is 5.92 Å². The van der Waals surface area contributed by atoms with Crippen molar-refractivity contribution in [1.29, 1.82) is 0 Å². The fourth-order valence-electron chi connectivity index (χ4n) is 3.01. The lowest BCUT2D eigenvalue weighted by molar-refractivity contribution is 0.368. The molecule has 2 rings (SSSR count). The van der Waals surface area contributed by atoms with Gasteiger partial charge < -0.3 is 0 Å². The molecule has 2 aliphatic rings. The van der Waals surface area contributed by atoms with Gasteiger partial charge in [0.2, 0.25) is 0 Å². The Morgan fingerprint density at radius 1 is 0.615 bits per heavy atom. The lowest BCUT2D eigenvalue weighted by atomic mass is 9.83. The van der Waals surface area contributed by atoms with Gasteiger partial charge in [0.05, 0.1) is 0 Å². The summed E-state index contributed by atoms with van der Waals surface area (Å²) in [5.41, 5.74) is 0. The largest absolute Gasteiger partial charge is 0.0533 e. The molecular formula is C13H23. The predicted molar refractivity (Wildman–Crippen MR) is 57.5 cm³/mol. The minimum absolute atomic E-state index is 1.09. The van der Waals surface area contributed by atoms with Crippen molar-refractivity contribution in [3.63, 3.8) is 0 Å². The van der Waals surface area contributed by atoms with Gasteiger partial charge in [-0.2, -0.15) is 0 Å². The van der Waals surface area contributed by atoms with E-state index in [1.54, 1.807) is 0 Å². The molecule has 2 aliphatic carbocycles. The molecule has 0 amide bonds. The van der Waals surface area contributed by atoms with Crippen LogP contribution in [-0.2, 0) is 0 Å². The molecule has 0 heterocycles. The summed E-state index contributed by atoms with van der Waals surface area (Å²) in [6, 6.07) is 0. The Kier molecular flexibility index (Phi) is 3.69. The van der Waals surface area contributed by atoms with Crippen molar-refractivity contribution in [2.75, 3.05) is 0 Å². The van der Waals surface area contributed by atoms with Gasteiger partial charge in [0.25, 0.3) is 0 Å². The summed E-state index contributed by atoms with van der Waals surface area (Å²) in [6.07, 6.45) is 16.5. The Labute approximate surface area is 83.1 Å². The highest BCUT2D eigenvalue weighted by atomic mass is 14.2. The van der Waals surface area contributed by atoms with Crippen LogP contribution in [0.1, 0.15) is 70.6 Å². The van der Waals surface area contributed by atoms with Gasteiger partial charge in [-0.3, -0.25) is 0 Å². The fourth-order valence-corrected chi connectivity index (χ4v) is 3.01. The zero-order chi connectivity index (χ0) is 8.93. The molecule has 0 aromatic carbocycles. The van der Waals surface area contributed by atoms with E-state index >= 15 is 0 Å². The highest BCUT2D eigenvalue weighted by Gasteiger charge is 2.18. The first kappa shape index (κ1) is 9.55. The molecule has 0 N–H and O–H groups in total. The van der Waals surface area contributed by atoms with Gasteiger partial charge in [0.15, 0.2) is 0 Å². The maximum absolute atomic E-state index is 1.91.